The summed E-state index contributed by atoms with van der Waals surface area (Å²) in [5.41, 5.74) is 2.27. The Morgan fingerprint density at radius 3 is 2.08 bits per heavy atom. The number of halogens is 3. The minimum Gasteiger partial charge on any atom is -0.334 e. The molecule has 1 aliphatic rings. The van der Waals surface area contributed by atoms with Gasteiger partial charge in [0, 0.05) is 12.0 Å². The predicted molar refractivity (Wildman–Crippen MR) is 150 cm³/mol. The van der Waals surface area contributed by atoms with Crippen molar-refractivity contribution >= 4 is 0 Å². The summed E-state index contributed by atoms with van der Waals surface area (Å²) in [7, 11) is 0. The predicted octanol–water partition coefficient (Wildman–Crippen LogP) is 10.4. The molecule has 0 aliphatic heterocycles. The molecule has 3 nitrogen and oxygen atoms in total. The van der Waals surface area contributed by atoms with Crippen LogP contribution in [0.5, 0.6) is 0 Å². The summed E-state index contributed by atoms with van der Waals surface area (Å²) in [6.45, 7) is 2.25. The summed E-state index contributed by atoms with van der Waals surface area (Å²) in [6.07, 6.45) is 14.8. The first-order valence-corrected chi connectivity index (χ1v) is 14.9. The van der Waals surface area contributed by atoms with Crippen LogP contribution in [0.4, 0.5) is 13.2 Å². The van der Waals surface area contributed by atoms with Crippen molar-refractivity contribution in [1.82, 2.24) is 10.1 Å². The molecule has 3 aromatic rings. The summed E-state index contributed by atoms with van der Waals surface area (Å²) in [4.78, 5) is 4.60. The Hall–Kier alpha value is -2.63. The van der Waals surface area contributed by atoms with E-state index in [9.17, 15) is 13.2 Å². The molecular weight excluding hydrogens is 497 g/mol. The van der Waals surface area contributed by atoms with E-state index in [0.29, 0.717) is 11.8 Å². The van der Waals surface area contributed by atoms with Crippen molar-refractivity contribution < 1.29 is 17.7 Å². The molecule has 1 unspecified atom stereocenters. The van der Waals surface area contributed by atoms with Crippen LogP contribution in [0.1, 0.15) is 119 Å². The number of nitrogens with zero attached hydrogens (tertiary/aromatic N) is 2. The van der Waals surface area contributed by atoms with Crippen molar-refractivity contribution in [2.24, 2.45) is 5.92 Å². The third kappa shape index (κ3) is 8.94. The quantitative estimate of drug-likeness (QED) is 0.180. The Morgan fingerprint density at radius 2 is 1.46 bits per heavy atom. The number of aromatic nitrogens is 2. The maximum Gasteiger partial charge on any atom is 0.416 e. The standard InChI is InChI=1S/C33H42F3N2O/c1-2-3-4-5-6-7-8-9-10-15-31-37-32(39-38-31)28-18-16-25(17-19-28)24-30(26-13-11-12-14-26)27-20-22-29(23-21-27)33(34,35)36/h16-24,26,30H,2-15H2,1H3. The van der Waals surface area contributed by atoms with E-state index in [4.69, 9.17) is 4.52 Å². The highest BCUT2D eigenvalue weighted by Gasteiger charge is 2.31. The Morgan fingerprint density at radius 1 is 0.846 bits per heavy atom. The van der Waals surface area contributed by atoms with Crippen LogP contribution in [0.25, 0.3) is 11.5 Å². The van der Waals surface area contributed by atoms with Gasteiger partial charge in [-0.2, -0.15) is 18.2 Å². The van der Waals surface area contributed by atoms with Gasteiger partial charge in [0.1, 0.15) is 0 Å². The average molecular weight is 540 g/mol. The first kappa shape index (κ1) is 29.4. The summed E-state index contributed by atoms with van der Waals surface area (Å²) in [5, 5.41) is 4.17. The van der Waals surface area contributed by atoms with Gasteiger partial charge in [-0.05, 0) is 72.9 Å². The van der Waals surface area contributed by atoms with Gasteiger partial charge in [-0.15, -0.1) is 0 Å². The van der Waals surface area contributed by atoms with Gasteiger partial charge in [0.25, 0.3) is 5.89 Å². The molecule has 4 rings (SSSR count). The number of rotatable bonds is 15. The summed E-state index contributed by atoms with van der Waals surface area (Å²) in [5.74, 6) is 1.82. The molecule has 1 saturated carbocycles. The molecule has 0 bridgehead atoms. The molecule has 6 heteroatoms. The van der Waals surface area contributed by atoms with Crippen molar-refractivity contribution in [3.8, 4) is 11.5 Å². The fourth-order valence-electron chi connectivity index (χ4n) is 5.73. The lowest BCUT2D eigenvalue weighted by Gasteiger charge is -2.24. The maximum absolute atomic E-state index is 13.1. The topological polar surface area (TPSA) is 38.9 Å². The molecule has 1 aromatic heterocycles. The number of hydrogen-bond acceptors (Lipinski definition) is 3. The zero-order valence-electron chi connectivity index (χ0n) is 23.2. The fourth-order valence-corrected chi connectivity index (χ4v) is 5.73. The summed E-state index contributed by atoms with van der Waals surface area (Å²) >= 11 is 0. The van der Waals surface area contributed by atoms with Crippen LogP contribution in [0.3, 0.4) is 0 Å². The fraction of sp³-hybridized carbons (Fsp3) is 0.545. The van der Waals surface area contributed by atoms with Crippen LogP contribution < -0.4 is 0 Å². The van der Waals surface area contributed by atoms with Gasteiger partial charge in [-0.25, -0.2) is 0 Å². The SMILES string of the molecule is CCCCCCCCCCCc1noc(-c2ccc([CH]C(c3ccc(C(F)(F)F)cc3)C3CCCC3)cc2)n1. The largest absolute Gasteiger partial charge is 0.416 e. The van der Waals surface area contributed by atoms with E-state index in [0.717, 1.165) is 48.2 Å². The van der Waals surface area contributed by atoms with E-state index >= 15 is 0 Å². The van der Waals surface area contributed by atoms with Gasteiger partial charge in [0.05, 0.1) is 5.56 Å². The summed E-state index contributed by atoms with van der Waals surface area (Å²) in [6, 6.07) is 13.7. The maximum atomic E-state index is 13.1. The van der Waals surface area contributed by atoms with E-state index < -0.39 is 11.7 Å². The highest BCUT2D eigenvalue weighted by molar-refractivity contribution is 5.54. The van der Waals surface area contributed by atoms with Crippen molar-refractivity contribution in [2.75, 3.05) is 0 Å². The zero-order chi connectivity index (χ0) is 27.5. The lowest BCUT2D eigenvalue weighted by molar-refractivity contribution is -0.137. The van der Waals surface area contributed by atoms with Gasteiger partial charge < -0.3 is 4.52 Å². The molecular formula is C33H42F3N2O. The smallest absolute Gasteiger partial charge is 0.334 e. The van der Waals surface area contributed by atoms with Crippen molar-refractivity contribution in [2.45, 2.75) is 109 Å². The lowest BCUT2D eigenvalue weighted by Crippen LogP contribution is -2.12. The number of unbranched alkanes of at least 4 members (excludes halogenated alkanes) is 8. The van der Waals surface area contributed by atoms with Crippen molar-refractivity contribution in [3.63, 3.8) is 0 Å². The molecule has 1 atom stereocenters. The van der Waals surface area contributed by atoms with Gasteiger partial charge in [-0.1, -0.05) is 101 Å². The minimum atomic E-state index is -4.32. The molecule has 211 valence electrons. The van der Waals surface area contributed by atoms with E-state index in [1.807, 2.05) is 24.3 Å². The van der Waals surface area contributed by atoms with E-state index in [1.54, 1.807) is 12.1 Å². The minimum absolute atomic E-state index is 0.0898. The summed E-state index contributed by atoms with van der Waals surface area (Å²) < 4.78 is 44.7. The van der Waals surface area contributed by atoms with Crippen LogP contribution in [-0.4, -0.2) is 10.1 Å². The molecule has 1 heterocycles. The molecule has 0 saturated heterocycles. The zero-order valence-corrected chi connectivity index (χ0v) is 23.2. The normalized spacial score (nSPS) is 15.2. The first-order chi connectivity index (χ1) is 18.9. The molecule has 0 N–H and O–H groups in total. The Balaban J connectivity index is 1.30. The van der Waals surface area contributed by atoms with E-state index in [-0.39, 0.29) is 5.92 Å². The second-order valence-electron chi connectivity index (χ2n) is 11.1. The highest BCUT2D eigenvalue weighted by atomic mass is 19.4. The number of hydrogen-bond donors (Lipinski definition) is 0. The van der Waals surface area contributed by atoms with Gasteiger partial charge in [0.2, 0.25) is 0 Å². The Labute approximate surface area is 231 Å². The van der Waals surface area contributed by atoms with Crippen LogP contribution in [0.2, 0.25) is 0 Å². The van der Waals surface area contributed by atoms with Crippen LogP contribution in [-0.2, 0) is 12.6 Å². The Bertz CT molecular complexity index is 1100. The van der Waals surface area contributed by atoms with E-state index in [1.165, 1.54) is 76.3 Å². The third-order valence-corrected chi connectivity index (χ3v) is 8.03. The number of aryl methyl sites for hydroxylation is 1. The van der Waals surface area contributed by atoms with Crippen LogP contribution in [0.15, 0.2) is 53.1 Å². The number of alkyl halides is 3. The average Bonchev–Trinajstić information content (AvgIpc) is 3.64. The third-order valence-electron chi connectivity index (χ3n) is 8.03. The van der Waals surface area contributed by atoms with Crippen LogP contribution in [0, 0.1) is 12.3 Å². The Kier molecular flexibility index (Phi) is 11.0. The molecule has 1 fully saturated rings. The first-order valence-electron chi connectivity index (χ1n) is 14.9. The molecule has 1 radical (unpaired) electrons. The second-order valence-corrected chi connectivity index (χ2v) is 11.1. The van der Waals surface area contributed by atoms with Crippen molar-refractivity contribution in [1.29, 1.82) is 0 Å². The molecule has 0 spiro atoms. The second kappa shape index (κ2) is 14.7. The highest BCUT2D eigenvalue weighted by Crippen LogP contribution is 2.41. The molecule has 39 heavy (non-hydrogen) atoms. The monoisotopic (exact) mass is 539 g/mol. The molecule has 2 aromatic carbocycles. The van der Waals surface area contributed by atoms with Gasteiger partial charge in [0.15, 0.2) is 5.82 Å². The van der Waals surface area contributed by atoms with Crippen LogP contribution >= 0.6 is 0 Å². The van der Waals surface area contributed by atoms with E-state index in [2.05, 4.69) is 23.5 Å². The molecule has 0 amide bonds. The van der Waals surface area contributed by atoms with Gasteiger partial charge in [-0.3, -0.25) is 0 Å². The van der Waals surface area contributed by atoms with Crippen molar-refractivity contribution in [3.05, 3.63) is 77.5 Å². The lowest BCUT2D eigenvalue weighted by atomic mass is 9.80. The molecule has 1 aliphatic carbocycles. The van der Waals surface area contributed by atoms with Gasteiger partial charge >= 0.3 is 6.18 Å². The number of benzene rings is 2.